The van der Waals surface area contributed by atoms with E-state index in [1.165, 1.54) is 19.3 Å². The minimum atomic E-state index is -0.0951. The zero-order valence-corrected chi connectivity index (χ0v) is 9.00. The molecule has 0 aromatic heterocycles. The second-order valence-electron chi connectivity index (χ2n) is 4.35. The molecule has 0 saturated heterocycles. The maximum Gasteiger partial charge on any atom is 0.306 e. The standard InChI is InChI=1S/C11H21NO2/c1-9(8-12)7-11(13)14-6-5-10-3-2-4-10/h9-10H,2-8,12H2,1H3. The SMILES string of the molecule is CC(CN)CC(=O)OCCC1CCC1. The molecule has 0 heterocycles. The number of hydrogen-bond donors (Lipinski definition) is 1. The van der Waals surface area contributed by atoms with E-state index >= 15 is 0 Å². The minimum Gasteiger partial charge on any atom is -0.466 e. The number of esters is 1. The van der Waals surface area contributed by atoms with Crippen molar-refractivity contribution in [1.29, 1.82) is 0 Å². The number of hydrogen-bond acceptors (Lipinski definition) is 3. The van der Waals surface area contributed by atoms with E-state index in [0.29, 0.717) is 19.6 Å². The Hall–Kier alpha value is -0.570. The molecule has 3 heteroatoms. The molecular formula is C11H21NO2. The van der Waals surface area contributed by atoms with Crippen LogP contribution in [-0.2, 0) is 9.53 Å². The number of ether oxygens (including phenoxy) is 1. The first-order chi connectivity index (χ1) is 6.72. The van der Waals surface area contributed by atoms with Gasteiger partial charge in [0.05, 0.1) is 6.61 Å². The van der Waals surface area contributed by atoms with Gasteiger partial charge in [-0.15, -0.1) is 0 Å². The predicted molar refractivity (Wildman–Crippen MR) is 55.8 cm³/mol. The van der Waals surface area contributed by atoms with Crippen molar-refractivity contribution in [3.63, 3.8) is 0 Å². The molecule has 0 aromatic carbocycles. The van der Waals surface area contributed by atoms with Crippen LogP contribution in [0.4, 0.5) is 0 Å². The lowest BCUT2D eigenvalue weighted by atomic mass is 9.83. The summed E-state index contributed by atoms with van der Waals surface area (Å²) in [6.07, 6.45) is 5.49. The molecule has 1 aliphatic carbocycles. The van der Waals surface area contributed by atoms with Crippen molar-refractivity contribution in [3.8, 4) is 0 Å². The Labute approximate surface area is 86.0 Å². The molecule has 1 rings (SSSR count). The first-order valence-electron chi connectivity index (χ1n) is 5.58. The van der Waals surface area contributed by atoms with E-state index in [2.05, 4.69) is 0 Å². The van der Waals surface area contributed by atoms with Crippen LogP contribution in [0.25, 0.3) is 0 Å². The number of rotatable bonds is 6. The predicted octanol–water partition coefficient (Wildman–Crippen LogP) is 1.70. The van der Waals surface area contributed by atoms with Gasteiger partial charge in [0.2, 0.25) is 0 Å². The fraction of sp³-hybridized carbons (Fsp3) is 0.909. The van der Waals surface area contributed by atoms with Gasteiger partial charge in [0, 0.05) is 6.42 Å². The summed E-state index contributed by atoms with van der Waals surface area (Å²) in [6, 6.07) is 0. The second-order valence-corrected chi connectivity index (χ2v) is 4.35. The fourth-order valence-electron chi connectivity index (χ4n) is 1.55. The monoisotopic (exact) mass is 199 g/mol. The van der Waals surface area contributed by atoms with Gasteiger partial charge in [0.1, 0.15) is 0 Å². The molecule has 0 spiro atoms. The highest BCUT2D eigenvalue weighted by molar-refractivity contribution is 5.69. The summed E-state index contributed by atoms with van der Waals surface area (Å²) in [5.41, 5.74) is 5.42. The quantitative estimate of drug-likeness (QED) is 0.662. The summed E-state index contributed by atoms with van der Waals surface area (Å²) in [6.45, 7) is 3.12. The molecule has 14 heavy (non-hydrogen) atoms. The minimum absolute atomic E-state index is 0.0951. The van der Waals surface area contributed by atoms with Crippen LogP contribution in [-0.4, -0.2) is 19.1 Å². The lowest BCUT2D eigenvalue weighted by Crippen LogP contribution is -2.19. The van der Waals surface area contributed by atoms with E-state index in [1.807, 2.05) is 6.92 Å². The van der Waals surface area contributed by atoms with Crippen LogP contribution in [0.15, 0.2) is 0 Å². The topological polar surface area (TPSA) is 52.3 Å². The molecule has 1 aliphatic rings. The lowest BCUT2D eigenvalue weighted by molar-refractivity contribution is -0.145. The van der Waals surface area contributed by atoms with Gasteiger partial charge in [-0.3, -0.25) is 4.79 Å². The van der Waals surface area contributed by atoms with Crippen molar-refractivity contribution in [1.82, 2.24) is 0 Å². The molecule has 3 nitrogen and oxygen atoms in total. The van der Waals surface area contributed by atoms with Crippen molar-refractivity contribution >= 4 is 5.97 Å². The lowest BCUT2D eigenvalue weighted by Gasteiger charge is -2.24. The molecule has 1 fully saturated rings. The zero-order chi connectivity index (χ0) is 10.4. The van der Waals surface area contributed by atoms with Crippen molar-refractivity contribution < 1.29 is 9.53 Å². The second kappa shape index (κ2) is 6.02. The van der Waals surface area contributed by atoms with E-state index in [1.54, 1.807) is 0 Å². The van der Waals surface area contributed by atoms with Gasteiger partial charge in [-0.2, -0.15) is 0 Å². The van der Waals surface area contributed by atoms with Crippen LogP contribution >= 0.6 is 0 Å². The number of nitrogens with two attached hydrogens (primary N) is 1. The van der Waals surface area contributed by atoms with Crippen LogP contribution in [0.5, 0.6) is 0 Å². The molecule has 0 radical (unpaired) electrons. The summed E-state index contributed by atoms with van der Waals surface area (Å²) in [5, 5.41) is 0. The molecule has 1 atom stereocenters. The molecule has 0 bridgehead atoms. The summed E-state index contributed by atoms with van der Waals surface area (Å²) >= 11 is 0. The van der Waals surface area contributed by atoms with Crippen molar-refractivity contribution in [2.45, 2.75) is 39.0 Å². The van der Waals surface area contributed by atoms with E-state index in [-0.39, 0.29) is 11.9 Å². The molecule has 82 valence electrons. The first-order valence-corrected chi connectivity index (χ1v) is 5.58. The maximum absolute atomic E-state index is 11.2. The van der Waals surface area contributed by atoms with Crippen LogP contribution in [0.3, 0.4) is 0 Å². The highest BCUT2D eigenvalue weighted by atomic mass is 16.5. The summed E-state index contributed by atoms with van der Waals surface area (Å²) in [5.74, 6) is 0.961. The largest absolute Gasteiger partial charge is 0.466 e. The third kappa shape index (κ3) is 4.09. The smallest absolute Gasteiger partial charge is 0.306 e. The van der Waals surface area contributed by atoms with Gasteiger partial charge >= 0.3 is 5.97 Å². The molecule has 2 N–H and O–H groups in total. The highest BCUT2D eigenvalue weighted by Gasteiger charge is 2.17. The maximum atomic E-state index is 11.2. The van der Waals surface area contributed by atoms with Crippen LogP contribution in [0.2, 0.25) is 0 Å². The van der Waals surface area contributed by atoms with Crippen molar-refractivity contribution in [3.05, 3.63) is 0 Å². The zero-order valence-electron chi connectivity index (χ0n) is 9.00. The van der Waals surface area contributed by atoms with Crippen molar-refractivity contribution in [2.24, 2.45) is 17.6 Å². The average Bonchev–Trinajstić information content (AvgIpc) is 2.09. The van der Waals surface area contributed by atoms with E-state index < -0.39 is 0 Å². The molecule has 1 saturated carbocycles. The summed E-state index contributed by atoms with van der Waals surface area (Å²) in [7, 11) is 0. The number of carbonyl (C=O) groups is 1. The van der Waals surface area contributed by atoms with E-state index in [0.717, 1.165) is 12.3 Å². The summed E-state index contributed by atoms with van der Waals surface area (Å²) < 4.78 is 5.13. The number of carbonyl (C=O) groups excluding carboxylic acids is 1. The van der Waals surface area contributed by atoms with Crippen LogP contribution in [0, 0.1) is 11.8 Å². The molecule has 0 aromatic rings. The molecule has 0 aliphatic heterocycles. The first kappa shape index (κ1) is 11.5. The van der Waals surface area contributed by atoms with Gasteiger partial charge in [-0.25, -0.2) is 0 Å². The van der Waals surface area contributed by atoms with Gasteiger partial charge < -0.3 is 10.5 Å². The van der Waals surface area contributed by atoms with Gasteiger partial charge in [0.25, 0.3) is 0 Å². The Morgan fingerprint density at radius 1 is 1.57 bits per heavy atom. The molecule has 1 unspecified atom stereocenters. The average molecular weight is 199 g/mol. The Kier molecular flexibility index (Phi) is 4.94. The normalized spacial score (nSPS) is 18.7. The van der Waals surface area contributed by atoms with Crippen molar-refractivity contribution in [2.75, 3.05) is 13.2 Å². The van der Waals surface area contributed by atoms with Crippen LogP contribution < -0.4 is 5.73 Å². The molecule has 0 amide bonds. The third-order valence-electron chi connectivity index (χ3n) is 2.93. The Balaban J connectivity index is 1.96. The van der Waals surface area contributed by atoms with E-state index in [9.17, 15) is 4.79 Å². The Morgan fingerprint density at radius 3 is 2.79 bits per heavy atom. The molecular weight excluding hydrogens is 178 g/mol. The van der Waals surface area contributed by atoms with Crippen LogP contribution in [0.1, 0.15) is 39.0 Å². The Morgan fingerprint density at radius 2 is 2.29 bits per heavy atom. The van der Waals surface area contributed by atoms with E-state index in [4.69, 9.17) is 10.5 Å². The third-order valence-corrected chi connectivity index (χ3v) is 2.93. The Bertz CT molecular complexity index is 178. The van der Waals surface area contributed by atoms with Gasteiger partial charge in [-0.1, -0.05) is 26.2 Å². The summed E-state index contributed by atoms with van der Waals surface area (Å²) in [4.78, 5) is 11.2. The highest BCUT2D eigenvalue weighted by Crippen LogP contribution is 2.29. The fourth-order valence-corrected chi connectivity index (χ4v) is 1.55. The van der Waals surface area contributed by atoms with Gasteiger partial charge in [-0.05, 0) is 24.8 Å². The van der Waals surface area contributed by atoms with Gasteiger partial charge in [0.15, 0.2) is 0 Å².